The minimum Gasteiger partial charge on any atom is -0.330 e. The minimum absolute atomic E-state index is 0. The molecule has 0 radical (unpaired) electrons. The van der Waals surface area contributed by atoms with Crippen LogP contribution in [-0.2, 0) is 13.0 Å². The number of hydrogen-bond donors (Lipinski definition) is 2. The van der Waals surface area contributed by atoms with E-state index in [0.717, 1.165) is 5.56 Å². The smallest absolute Gasteiger partial charge is 0.277 e. The molecule has 0 saturated carbocycles. The summed E-state index contributed by atoms with van der Waals surface area (Å²) in [6.45, 7) is 1.04. The molecule has 2 heterocycles. The summed E-state index contributed by atoms with van der Waals surface area (Å²) < 4.78 is 1.81. The number of nitrogens with one attached hydrogen (secondary N) is 1. The second-order valence-corrected chi connectivity index (χ2v) is 4.58. The van der Waals surface area contributed by atoms with E-state index in [-0.39, 0.29) is 18.0 Å². The summed E-state index contributed by atoms with van der Waals surface area (Å²) in [6, 6.07) is 9.92. The Balaban J connectivity index is 0.00000161. The molecule has 3 aromatic rings. The van der Waals surface area contributed by atoms with Gasteiger partial charge in [0.05, 0.1) is 6.33 Å². The highest BCUT2D eigenvalue weighted by Gasteiger charge is 2.10. The molecule has 0 aliphatic carbocycles. The van der Waals surface area contributed by atoms with Crippen LogP contribution in [0.1, 0.15) is 11.4 Å². The number of imidazole rings is 1. The zero-order valence-electron chi connectivity index (χ0n) is 11.3. The highest BCUT2D eigenvalue weighted by molar-refractivity contribution is 5.85. The Hall–Kier alpha value is -2.18. The maximum Gasteiger partial charge on any atom is 0.277 e. The van der Waals surface area contributed by atoms with Crippen molar-refractivity contribution in [2.75, 3.05) is 6.54 Å². The quantitative estimate of drug-likeness (QED) is 0.755. The number of halogens is 1. The van der Waals surface area contributed by atoms with Gasteiger partial charge in [0.25, 0.3) is 5.56 Å². The lowest BCUT2D eigenvalue weighted by molar-refractivity contribution is 0.814. The van der Waals surface area contributed by atoms with Gasteiger partial charge in [0.15, 0.2) is 11.2 Å². The first-order valence-corrected chi connectivity index (χ1v) is 6.46. The van der Waals surface area contributed by atoms with Crippen molar-refractivity contribution in [1.29, 1.82) is 0 Å². The van der Waals surface area contributed by atoms with Crippen LogP contribution in [0, 0.1) is 0 Å². The van der Waals surface area contributed by atoms with Gasteiger partial charge >= 0.3 is 0 Å². The summed E-state index contributed by atoms with van der Waals surface area (Å²) in [5, 5.41) is 0. The molecule has 0 saturated heterocycles. The predicted octanol–water partition coefficient (Wildman–Crippen LogP) is 1.09. The molecule has 0 spiro atoms. The molecule has 3 N–H and O–H groups in total. The standard InChI is InChI=1S/C14H15N5O.ClH/c15-7-6-11-17-13-12(14(20)18-11)19(9-16-13)8-10-4-2-1-3-5-10;/h1-5,9H,6-8,15H2,(H,17,18,20);1H. The molecule has 6 nitrogen and oxygen atoms in total. The number of fused-ring (bicyclic) bond motifs is 1. The molecule has 3 rings (SSSR count). The average molecular weight is 306 g/mol. The van der Waals surface area contributed by atoms with Gasteiger partial charge in [-0.05, 0) is 12.1 Å². The van der Waals surface area contributed by atoms with Crippen LogP contribution in [0.5, 0.6) is 0 Å². The molecule has 0 bridgehead atoms. The van der Waals surface area contributed by atoms with E-state index in [1.54, 1.807) is 6.33 Å². The van der Waals surface area contributed by atoms with E-state index in [0.29, 0.717) is 36.5 Å². The molecule has 0 unspecified atom stereocenters. The molecule has 0 atom stereocenters. The topological polar surface area (TPSA) is 89.6 Å². The van der Waals surface area contributed by atoms with Crippen molar-refractivity contribution in [3.05, 3.63) is 58.4 Å². The Morgan fingerprint density at radius 3 is 2.71 bits per heavy atom. The summed E-state index contributed by atoms with van der Waals surface area (Å²) in [6.07, 6.45) is 2.18. The summed E-state index contributed by atoms with van der Waals surface area (Å²) >= 11 is 0. The first-order valence-electron chi connectivity index (χ1n) is 6.46. The zero-order chi connectivity index (χ0) is 13.9. The van der Waals surface area contributed by atoms with Gasteiger partial charge in [0.1, 0.15) is 5.82 Å². The second kappa shape index (κ2) is 6.51. The number of aromatic nitrogens is 4. The van der Waals surface area contributed by atoms with Gasteiger partial charge in [-0.15, -0.1) is 12.4 Å². The van der Waals surface area contributed by atoms with Crippen molar-refractivity contribution >= 4 is 23.6 Å². The molecule has 0 aliphatic heterocycles. The van der Waals surface area contributed by atoms with Crippen molar-refractivity contribution in [1.82, 2.24) is 19.5 Å². The number of hydrogen-bond acceptors (Lipinski definition) is 4. The van der Waals surface area contributed by atoms with Gasteiger partial charge in [-0.25, -0.2) is 9.97 Å². The van der Waals surface area contributed by atoms with Crippen LogP contribution in [0.3, 0.4) is 0 Å². The van der Waals surface area contributed by atoms with E-state index in [1.165, 1.54) is 0 Å². The van der Waals surface area contributed by atoms with Crippen LogP contribution >= 0.6 is 12.4 Å². The summed E-state index contributed by atoms with van der Waals surface area (Å²) in [7, 11) is 0. The van der Waals surface area contributed by atoms with Crippen molar-refractivity contribution in [2.24, 2.45) is 5.73 Å². The third-order valence-electron chi connectivity index (χ3n) is 3.11. The number of nitrogens with zero attached hydrogens (tertiary/aromatic N) is 3. The van der Waals surface area contributed by atoms with E-state index < -0.39 is 0 Å². The third-order valence-corrected chi connectivity index (χ3v) is 3.11. The fourth-order valence-electron chi connectivity index (χ4n) is 2.19. The molecule has 0 aliphatic rings. The number of benzene rings is 1. The van der Waals surface area contributed by atoms with Crippen molar-refractivity contribution in [2.45, 2.75) is 13.0 Å². The van der Waals surface area contributed by atoms with Crippen LogP contribution in [0.15, 0.2) is 41.5 Å². The first-order chi connectivity index (χ1) is 9.78. The molecule has 21 heavy (non-hydrogen) atoms. The van der Waals surface area contributed by atoms with Crippen molar-refractivity contribution in [3.63, 3.8) is 0 Å². The van der Waals surface area contributed by atoms with Crippen LogP contribution < -0.4 is 11.3 Å². The summed E-state index contributed by atoms with van der Waals surface area (Å²) in [4.78, 5) is 23.4. The summed E-state index contributed by atoms with van der Waals surface area (Å²) in [5.74, 6) is 0.579. The molecule has 2 aromatic heterocycles. The fourth-order valence-corrected chi connectivity index (χ4v) is 2.19. The molecule has 110 valence electrons. The average Bonchev–Trinajstić information content (AvgIpc) is 2.84. The van der Waals surface area contributed by atoms with Gasteiger partial charge in [0.2, 0.25) is 0 Å². The monoisotopic (exact) mass is 305 g/mol. The van der Waals surface area contributed by atoms with Crippen molar-refractivity contribution < 1.29 is 0 Å². The molecular weight excluding hydrogens is 290 g/mol. The van der Waals surface area contributed by atoms with E-state index in [4.69, 9.17) is 5.73 Å². The number of aromatic amines is 1. The van der Waals surface area contributed by atoms with Gasteiger partial charge in [0, 0.05) is 13.0 Å². The number of rotatable bonds is 4. The van der Waals surface area contributed by atoms with Gasteiger partial charge < -0.3 is 15.3 Å². The fraction of sp³-hybridized carbons (Fsp3) is 0.214. The highest BCUT2D eigenvalue weighted by Crippen LogP contribution is 2.09. The third kappa shape index (κ3) is 3.12. The van der Waals surface area contributed by atoms with Gasteiger partial charge in [-0.3, -0.25) is 4.79 Å². The lowest BCUT2D eigenvalue weighted by Crippen LogP contribution is -2.17. The Kier molecular flexibility index (Phi) is 4.72. The van der Waals surface area contributed by atoms with E-state index in [9.17, 15) is 4.79 Å². The SMILES string of the molecule is Cl.NCCc1nc2ncn(Cc3ccccc3)c2c(=O)[nH]1. The van der Waals surface area contributed by atoms with Gasteiger partial charge in [-0.2, -0.15) is 0 Å². The van der Waals surface area contributed by atoms with E-state index >= 15 is 0 Å². The lowest BCUT2D eigenvalue weighted by Gasteiger charge is -2.04. The molecule has 1 aromatic carbocycles. The lowest BCUT2D eigenvalue weighted by atomic mass is 10.2. The van der Waals surface area contributed by atoms with E-state index in [2.05, 4.69) is 15.0 Å². The second-order valence-electron chi connectivity index (χ2n) is 4.58. The minimum atomic E-state index is -0.174. The van der Waals surface area contributed by atoms with Crippen molar-refractivity contribution in [3.8, 4) is 0 Å². The first kappa shape index (κ1) is 15.2. The molecule has 0 fully saturated rings. The highest BCUT2D eigenvalue weighted by atomic mass is 35.5. The Morgan fingerprint density at radius 1 is 1.24 bits per heavy atom. The summed E-state index contributed by atoms with van der Waals surface area (Å²) in [5.41, 5.74) is 7.37. The normalized spacial score (nSPS) is 10.5. The number of H-pyrrole nitrogens is 1. The maximum absolute atomic E-state index is 12.1. The van der Waals surface area contributed by atoms with Gasteiger partial charge in [-0.1, -0.05) is 30.3 Å². The Bertz CT molecular complexity index is 781. The van der Waals surface area contributed by atoms with Crippen LogP contribution in [-0.4, -0.2) is 26.1 Å². The van der Waals surface area contributed by atoms with Crippen LogP contribution in [0.2, 0.25) is 0 Å². The maximum atomic E-state index is 12.1. The molecule has 7 heteroatoms. The van der Waals surface area contributed by atoms with Crippen LogP contribution in [0.25, 0.3) is 11.2 Å². The largest absolute Gasteiger partial charge is 0.330 e. The zero-order valence-corrected chi connectivity index (χ0v) is 12.1. The number of nitrogens with two attached hydrogens (primary N) is 1. The van der Waals surface area contributed by atoms with Crippen LogP contribution in [0.4, 0.5) is 0 Å². The Morgan fingerprint density at radius 2 is 2.00 bits per heavy atom. The Labute approximate surface area is 127 Å². The predicted molar refractivity (Wildman–Crippen MR) is 83.7 cm³/mol. The molecule has 0 amide bonds. The van der Waals surface area contributed by atoms with E-state index in [1.807, 2.05) is 34.9 Å². The molecular formula is C14H16ClN5O.